The fourth-order valence-electron chi connectivity index (χ4n) is 17.0. The lowest BCUT2D eigenvalue weighted by Crippen LogP contribution is -2.30. The number of nitrogens with zero attached hydrogens (tertiary/aromatic N) is 2. The highest BCUT2D eigenvalue weighted by atomic mass is 15.2. The normalized spacial score (nSPS) is 15.9. The van der Waals surface area contributed by atoms with E-state index in [1.807, 2.05) is 12.2 Å². The highest BCUT2D eigenvalue weighted by Crippen LogP contribution is 2.61. The SMILES string of the molecule is C=Cc1ccc(C2(c3cc(C)ccc3C)c3ccccc3-c3ccc(N(c4ccc5c(c4)C(C)(C)c4cc(N(c6ccc7c(c6)C(c6ccc(C=C)cc6)(c6cc(C)ccc6C)c6ccccc6-7)c6cccc7ccccc67)ccc4-5)c4cccc5ccccc45)cc32)cc1. The second-order valence-corrected chi connectivity index (χ2v) is 27.1. The van der Waals surface area contributed by atoms with Gasteiger partial charge in [0.2, 0.25) is 0 Å². The Morgan fingerprint density at radius 1 is 0.284 bits per heavy atom. The third-order valence-corrected chi connectivity index (χ3v) is 21.5. The summed E-state index contributed by atoms with van der Waals surface area (Å²) < 4.78 is 0. The molecule has 14 aromatic rings. The Morgan fingerprint density at radius 3 is 1.02 bits per heavy atom. The second-order valence-electron chi connectivity index (χ2n) is 27.1. The monoisotopic (exact) mass is 1220 g/mol. The van der Waals surface area contributed by atoms with Crippen molar-refractivity contribution in [3.63, 3.8) is 0 Å². The largest absolute Gasteiger partial charge is 0.310 e. The molecule has 0 heterocycles. The number of hydrogen-bond donors (Lipinski definition) is 0. The van der Waals surface area contributed by atoms with E-state index >= 15 is 0 Å². The van der Waals surface area contributed by atoms with Gasteiger partial charge >= 0.3 is 0 Å². The zero-order chi connectivity index (χ0) is 64.5. The maximum absolute atomic E-state index is 4.16. The van der Waals surface area contributed by atoms with Crippen LogP contribution in [0.4, 0.5) is 34.1 Å². The molecule has 0 aliphatic heterocycles. The van der Waals surface area contributed by atoms with Gasteiger partial charge in [0.25, 0.3) is 0 Å². The molecule has 0 fully saturated rings. The standard InChI is InChI=1S/C93H72N2/c1-9-63-37-41-67(42-38-63)92(83-53-59(3)33-35-61(83)5)81-29-17-15-27-75(81)79-51-47-71(57-87(79)92)94(89-31-19-23-65-21-11-13-25-73(65)89)69-45-49-77-78-50-46-70(56-86(78)91(7,8)85(77)55-69)95(90-32-20-24-66-22-12-14-26-74(66)90)72-48-52-80-76-28-16-18-30-82(76)93(88(80)58-72,68-43-39-64(10-2)40-44-68)84-54-60(4)34-36-62(84)6/h9-58H,1-2H2,3-8H3. The number of aryl methyl sites for hydroxylation is 4. The highest BCUT2D eigenvalue weighted by molar-refractivity contribution is 6.03. The van der Waals surface area contributed by atoms with Gasteiger partial charge in [-0.3, -0.25) is 0 Å². The lowest BCUT2D eigenvalue weighted by atomic mass is 9.66. The van der Waals surface area contributed by atoms with E-state index in [2.05, 4.69) is 356 Å². The summed E-state index contributed by atoms with van der Waals surface area (Å²) in [5.41, 5.74) is 32.5. The minimum atomic E-state index is -0.618. The average Bonchev–Trinajstić information content (AvgIpc) is 1.56. The van der Waals surface area contributed by atoms with Crippen LogP contribution in [0.2, 0.25) is 0 Å². The topological polar surface area (TPSA) is 6.48 Å². The molecule has 0 saturated carbocycles. The predicted octanol–water partition coefficient (Wildman–Crippen LogP) is 24.5. The molecule has 2 unspecified atom stereocenters. The molecule has 3 aliphatic rings. The summed E-state index contributed by atoms with van der Waals surface area (Å²) in [6.07, 6.45) is 3.88. The predicted molar refractivity (Wildman–Crippen MR) is 402 cm³/mol. The van der Waals surface area contributed by atoms with Crippen LogP contribution in [0.15, 0.2) is 304 Å². The number of rotatable bonds is 12. The van der Waals surface area contributed by atoms with Gasteiger partial charge in [0.1, 0.15) is 0 Å². The third kappa shape index (κ3) is 8.56. The molecule has 0 bridgehead atoms. The van der Waals surface area contributed by atoms with Gasteiger partial charge in [0, 0.05) is 38.9 Å². The molecule has 2 nitrogen and oxygen atoms in total. The van der Waals surface area contributed by atoms with Crippen molar-refractivity contribution >= 4 is 67.8 Å². The minimum Gasteiger partial charge on any atom is -0.310 e. The molecule has 0 N–H and O–H groups in total. The van der Waals surface area contributed by atoms with Crippen LogP contribution in [0.1, 0.15) is 103 Å². The molecule has 2 heteroatoms. The Bertz CT molecular complexity index is 5160. The molecule has 17 rings (SSSR count). The lowest BCUT2D eigenvalue weighted by Gasteiger charge is -2.36. The molecular weight excluding hydrogens is 1150 g/mol. The first-order valence-electron chi connectivity index (χ1n) is 33.4. The lowest BCUT2D eigenvalue weighted by molar-refractivity contribution is 0.660. The van der Waals surface area contributed by atoms with Crippen molar-refractivity contribution < 1.29 is 0 Å². The van der Waals surface area contributed by atoms with E-state index in [0.717, 1.165) is 45.3 Å². The van der Waals surface area contributed by atoms with Crippen LogP contribution in [-0.2, 0) is 16.2 Å². The molecule has 3 aliphatic carbocycles. The van der Waals surface area contributed by atoms with E-state index in [4.69, 9.17) is 0 Å². The molecule has 0 spiro atoms. The zero-order valence-electron chi connectivity index (χ0n) is 54.7. The van der Waals surface area contributed by atoms with Gasteiger partial charge in [-0.25, -0.2) is 0 Å². The first-order chi connectivity index (χ1) is 46.4. The van der Waals surface area contributed by atoms with Crippen molar-refractivity contribution in [2.45, 2.75) is 57.8 Å². The molecule has 0 saturated heterocycles. The first kappa shape index (κ1) is 57.6. The second kappa shape index (κ2) is 21.9. The first-order valence-corrected chi connectivity index (χ1v) is 33.4. The smallest absolute Gasteiger partial charge is 0.0716 e. The van der Waals surface area contributed by atoms with Crippen molar-refractivity contribution in [1.82, 2.24) is 0 Å². The zero-order valence-corrected chi connectivity index (χ0v) is 54.7. The van der Waals surface area contributed by atoms with Crippen molar-refractivity contribution in [2.24, 2.45) is 0 Å². The third-order valence-electron chi connectivity index (χ3n) is 21.5. The van der Waals surface area contributed by atoms with Gasteiger partial charge in [-0.15, -0.1) is 0 Å². The van der Waals surface area contributed by atoms with Gasteiger partial charge < -0.3 is 9.80 Å². The van der Waals surface area contributed by atoms with Crippen molar-refractivity contribution in [3.8, 4) is 33.4 Å². The van der Waals surface area contributed by atoms with Crippen LogP contribution in [0.3, 0.4) is 0 Å². The molecular formula is C93H72N2. The summed E-state index contributed by atoms with van der Waals surface area (Å²) in [6.45, 7) is 22.2. The molecule has 0 aromatic heterocycles. The number of anilines is 6. The Labute approximate surface area is 558 Å². The summed E-state index contributed by atoms with van der Waals surface area (Å²) in [5.74, 6) is 0. The van der Waals surface area contributed by atoms with Crippen LogP contribution >= 0.6 is 0 Å². The quantitative estimate of drug-likeness (QED) is 0.120. The summed E-state index contributed by atoms with van der Waals surface area (Å²) in [5, 5.41) is 4.76. The van der Waals surface area contributed by atoms with Crippen LogP contribution in [0.5, 0.6) is 0 Å². The number of fused-ring (bicyclic) bond motifs is 11. The number of benzene rings is 14. The molecule has 0 amide bonds. The maximum atomic E-state index is 4.16. The van der Waals surface area contributed by atoms with E-state index in [9.17, 15) is 0 Å². The highest BCUT2D eigenvalue weighted by Gasteiger charge is 2.49. The Kier molecular flexibility index (Phi) is 13.3. The average molecular weight is 1220 g/mol. The molecule has 0 radical (unpaired) electrons. The van der Waals surface area contributed by atoms with E-state index in [1.54, 1.807) is 0 Å². The van der Waals surface area contributed by atoms with Gasteiger partial charge in [-0.1, -0.05) is 281 Å². The van der Waals surface area contributed by atoms with Crippen LogP contribution in [-0.4, -0.2) is 0 Å². The summed E-state index contributed by atoms with van der Waals surface area (Å²) in [6, 6.07) is 111. The Hall–Kier alpha value is -11.3. The van der Waals surface area contributed by atoms with Gasteiger partial charge in [-0.05, 0) is 210 Å². The van der Waals surface area contributed by atoms with E-state index in [0.29, 0.717) is 0 Å². The number of hydrogen-bond acceptors (Lipinski definition) is 2. The fourth-order valence-corrected chi connectivity index (χ4v) is 17.0. The molecule has 95 heavy (non-hydrogen) atoms. The summed E-state index contributed by atoms with van der Waals surface area (Å²) in [7, 11) is 0. The molecule has 454 valence electrons. The summed E-state index contributed by atoms with van der Waals surface area (Å²) in [4.78, 5) is 5.07. The van der Waals surface area contributed by atoms with Crippen LogP contribution < -0.4 is 9.80 Å². The van der Waals surface area contributed by atoms with Crippen molar-refractivity contribution in [3.05, 3.63) is 393 Å². The van der Waals surface area contributed by atoms with Gasteiger partial charge in [0.05, 0.1) is 22.2 Å². The maximum Gasteiger partial charge on any atom is 0.0716 e. The Morgan fingerprint density at radius 2 is 0.621 bits per heavy atom. The van der Waals surface area contributed by atoms with E-state index < -0.39 is 16.2 Å². The van der Waals surface area contributed by atoms with Crippen molar-refractivity contribution in [1.29, 1.82) is 0 Å². The van der Waals surface area contributed by atoms with Crippen molar-refractivity contribution in [2.75, 3.05) is 9.80 Å². The van der Waals surface area contributed by atoms with Gasteiger partial charge in [0.15, 0.2) is 0 Å². The van der Waals surface area contributed by atoms with Gasteiger partial charge in [-0.2, -0.15) is 0 Å². The fraction of sp³-hybridized carbons (Fsp3) is 0.0968. The summed E-state index contributed by atoms with van der Waals surface area (Å²) >= 11 is 0. The Balaban J connectivity index is 0.849. The van der Waals surface area contributed by atoms with Crippen LogP contribution in [0, 0.1) is 27.7 Å². The molecule has 14 aromatic carbocycles. The van der Waals surface area contributed by atoms with E-state index in [-0.39, 0.29) is 0 Å². The van der Waals surface area contributed by atoms with E-state index in [1.165, 1.54) is 133 Å². The molecule has 2 atom stereocenters. The van der Waals surface area contributed by atoms with Crippen LogP contribution in [0.25, 0.3) is 67.1 Å². The minimum absolute atomic E-state index is 0.407.